The number of hydrogen-bond acceptors (Lipinski definition) is 2. The second-order valence-electron chi connectivity index (χ2n) is 5.34. The molecule has 108 valence electrons. The van der Waals surface area contributed by atoms with E-state index in [4.69, 9.17) is 0 Å². The van der Waals surface area contributed by atoms with Gasteiger partial charge in [0.15, 0.2) is 0 Å². The van der Waals surface area contributed by atoms with Crippen molar-refractivity contribution < 1.29 is 9.18 Å². The number of rotatable bonds is 2. The third kappa shape index (κ3) is 2.81. The summed E-state index contributed by atoms with van der Waals surface area (Å²) in [6, 6.07) is 12.6. The van der Waals surface area contributed by atoms with E-state index in [-0.39, 0.29) is 17.6 Å². The first-order valence-corrected chi connectivity index (χ1v) is 7.00. The van der Waals surface area contributed by atoms with Gasteiger partial charge in [-0.1, -0.05) is 24.3 Å². The highest BCUT2D eigenvalue weighted by Gasteiger charge is 2.26. The maximum Gasteiger partial charge on any atom is 0.233 e. The van der Waals surface area contributed by atoms with Crippen LogP contribution in [0.15, 0.2) is 42.5 Å². The number of benzene rings is 2. The van der Waals surface area contributed by atoms with Gasteiger partial charge < -0.3 is 10.6 Å². The zero-order chi connectivity index (χ0) is 14.8. The fourth-order valence-electron chi connectivity index (χ4n) is 2.68. The van der Waals surface area contributed by atoms with Gasteiger partial charge in [0.2, 0.25) is 5.91 Å². The molecule has 0 fully saturated rings. The predicted molar refractivity (Wildman–Crippen MR) is 80.7 cm³/mol. The molecule has 1 aliphatic heterocycles. The molecule has 3 rings (SSSR count). The van der Waals surface area contributed by atoms with Crippen molar-refractivity contribution in [2.45, 2.75) is 19.4 Å². The molecule has 0 saturated carbocycles. The molecule has 4 heteroatoms. The Morgan fingerprint density at radius 2 is 2.10 bits per heavy atom. The molecule has 1 aliphatic rings. The van der Waals surface area contributed by atoms with E-state index < -0.39 is 0 Å². The molecule has 0 saturated heterocycles. The lowest BCUT2D eigenvalue weighted by Gasteiger charge is -2.25. The average molecular weight is 284 g/mol. The molecule has 0 spiro atoms. The lowest BCUT2D eigenvalue weighted by Crippen LogP contribution is -2.35. The Morgan fingerprint density at radius 3 is 2.90 bits per heavy atom. The number of anilines is 1. The van der Waals surface area contributed by atoms with Gasteiger partial charge in [-0.3, -0.25) is 4.79 Å². The van der Waals surface area contributed by atoms with E-state index in [1.165, 1.54) is 6.07 Å². The Morgan fingerprint density at radius 1 is 1.29 bits per heavy atom. The van der Waals surface area contributed by atoms with Gasteiger partial charge in [-0.25, -0.2) is 4.39 Å². The first kappa shape index (κ1) is 13.8. The predicted octanol–water partition coefficient (Wildman–Crippen LogP) is 2.96. The molecule has 0 bridgehead atoms. The van der Waals surface area contributed by atoms with E-state index in [9.17, 15) is 9.18 Å². The monoisotopic (exact) mass is 284 g/mol. The summed E-state index contributed by atoms with van der Waals surface area (Å²) in [5, 5.41) is 6.13. The first-order chi connectivity index (χ1) is 10.1. The second-order valence-corrected chi connectivity index (χ2v) is 5.34. The van der Waals surface area contributed by atoms with Crippen molar-refractivity contribution in [1.82, 2.24) is 5.32 Å². The maximum atomic E-state index is 13.3. The van der Waals surface area contributed by atoms with E-state index in [0.717, 1.165) is 17.7 Å². The number of nitrogens with one attached hydrogen (secondary N) is 2. The molecule has 0 aliphatic carbocycles. The lowest BCUT2D eigenvalue weighted by atomic mass is 9.90. The van der Waals surface area contributed by atoms with Crippen molar-refractivity contribution >= 4 is 11.6 Å². The summed E-state index contributed by atoms with van der Waals surface area (Å²) in [6.45, 7) is 3.08. The number of fused-ring (bicyclic) bond motifs is 1. The minimum atomic E-state index is -0.266. The zero-order valence-electron chi connectivity index (χ0n) is 11.8. The van der Waals surface area contributed by atoms with Gasteiger partial charge in [-0.05, 0) is 41.8 Å². The molecule has 2 N–H and O–H groups in total. The molecule has 2 aromatic carbocycles. The van der Waals surface area contributed by atoms with Gasteiger partial charge in [0, 0.05) is 18.8 Å². The quantitative estimate of drug-likeness (QED) is 0.890. The summed E-state index contributed by atoms with van der Waals surface area (Å²) in [7, 11) is 0. The van der Waals surface area contributed by atoms with Crippen LogP contribution in [-0.4, -0.2) is 12.5 Å². The largest absolute Gasteiger partial charge is 0.326 e. The van der Waals surface area contributed by atoms with Crippen LogP contribution in [0.5, 0.6) is 0 Å². The number of carbonyl (C=O) groups excluding carboxylic acids is 1. The Labute approximate surface area is 123 Å². The standard InChI is InChI=1S/C17H17FN2O/c1-11-8-13(6-7-16(11)18)20-17(21)15-10-19-9-12-4-2-3-5-14(12)15/h2-8,15,19H,9-10H2,1H3,(H,20,21). The van der Waals surface area contributed by atoms with E-state index in [1.807, 2.05) is 24.3 Å². The van der Waals surface area contributed by atoms with Crippen LogP contribution in [0, 0.1) is 12.7 Å². The van der Waals surface area contributed by atoms with Crippen LogP contribution in [0.3, 0.4) is 0 Å². The van der Waals surface area contributed by atoms with E-state index in [0.29, 0.717) is 17.8 Å². The molecule has 1 heterocycles. The van der Waals surface area contributed by atoms with E-state index in [2.05, 4.69) is 10.6 Å². The number of carbonyl (C=O) groups is 1. The van der Waals surface area contributed by atoms with Crippen LogP contribution in [0.4, 0.5) is 10.1 Å². The van der Waals surface area contributed by atoms with Crippen LogP contribution >= 0.6 is 0 Å². The minimum Gasteiger partial charge on any atom is -0.326 e. The summed E-state index contributed by atoms with van der Waals surface area (Å²) in [4.78, 5) is 12.5. The Balaban J connectivity index is 1.81. The van der Waals surface area contributed by atoms with Crippen LogP contribution in [0.25, 0.3) is 0 Å². The summed E-state index contributed by atoms with van der Waals surface area (Å²) in [5.74, 6) is -0.557. The van der Waals surface area contributed by atoms with Crippen molar-refractivity contribution in [1.29, 1.82) is 0 Å². The molecule has 3 nitrogen and oxygen atoms in total. The molecular weight excluding hydrogens is 267 g/mol. The molecule has 0 radical (unpaired) electrons. The van der Waals surface area contributed by atoms with Gasteiger partial charge in [0.1, 0.15) is 5.82 Å². The average Bonchev–Trinajstić information content (AvgIpc) is 2.50. The highest BCUT2D eigenvalue weighted by atomic mass is 19.1. The molecular formula is C17H17FN2O. The van der Waals surface area contributed by atoms with Crippen molar-refractivity contribution in [2.75, 3.05) is 11.9 Å². The van der Waals surface area contributed by atoms with Gasteiger partial charge in [0.25, 0.3) is 0 Å². The number of hydrogen-bond donors (Lipinski definition) is 2. The van der Waals surface area contributed by atoms with Crippen molar-refractivity contribution in [2.24, 2.45) is 0 Å². The summed E-state index contributed by atoms with van der Waals surface area (Å²) in [5.41, 5.74) is 3.36. The van der Waals surface area contributed by atoms with Crippen LogP contribution < -0.4 is 10.6 Å². The highest BCUT2D eigenvalue weighted by Crippen LogP contribution is 2.25. The van der Waals surface area contributed by atoms with Crippen LogP contribution in [0.1, 0.15) is 22.6 Å². The van der Waals surface area contributed by atoms with Gasteiger partial charge >= 0.3 is 0 Å². The Kier molecular flexibility index (Phi) is 3.71. The summed E-state index contributed by atoms with van der Waals surface area (Å²) < 4.78 is 13.3. The van der Waals surface area contributed by atoms with Gasteiger partial charge in [0.05, 0.1) is 5.92 Å². The zero-order valence-corrected chi connectivity index (χ0v) is 11.8. The first-order valence-electron chi connectivity index (χ1n) is 7.00. The number of aryl methyl sites for hydroxylation is 1. The molecule has 1 amide bonds. The normalized spacial score (nSPS) is 17.1. The summed E-state index contributed by atoms with van der Waals surface area (Å²) in [6.07, 6.45) is 0. The number of halogens is 1. The molecule has 1 atom stereocenters. The SMILES string of the molecule is Cc1cc(NC(=O)C2CNCc3ccccc32)ccc1F. The third-order valence-corrected chi connectivity index (χ3v) is 3.84. The molecule has 2 aromatic rings. The van der Waals surface area contributed by atoms with E-state index in [1.54, 1.807) is 19.1 Å². The van der Waals surface area contributed by atoms with Crippen LogP contribution in [-0.2, 0) is 11.3 Å². The highest BCUT2D eigenvalue weighted by molar-refractivity contribution is 5.96. The van der Waals surface area contributed by atoms with Crippen molar-refractivity contribution in [3.8, 4) is 0 Å². The molecule has 1 unspecified atom stereocenters. The Bertz CT molecular complexity index is 684. The fourth-order valence-corrected chi connectivity index (χ4v) is 2.68. The molecule has 0 aromatic heterocycles. The third-order valence-electron chi connectivity index (χ3n) is 3.84. The minimum absolute atomic E-state index is 0.0688. The van der Waals surface area contributed by atoms with Gasteiger partial charge in [-0.15, -0.1) is 0 Å². The summed E-state index contributed by atoms with van der Waals surface area (Å²) >= 11 is 0. The smallest absolute Gasteiger partial charge is 0.233 e. The fraction of sp³-hybridized carbons (Fsp3) is 0.235. The maximum absolute atomic E-state index is 13.3. The molecule has 21 heavy (non-hydrogen) atoms. The second kappa shape index (κ2) is 5.66. The van der Waals surface area contributed by atoms with Gasteiger partial charge in [-0.2, -0.15) is 0 Å². The van der Waals surface area contributed by atoms with E-state index >= 15 is 0 Å². The Hall–Kier alpha value is -2.20. The topological polar surface area (TPSA) is 41.1 Å². The van der Waals surface area contributed by atoms with Crippen molar-refractivity contribution in [3.63, 3.8) is 0 Å². The number of amides is 1. The van der Waals surface area contributed by atoms with Crippen molar-refractivity contribution in [3.05, 3.63) is 65.0 Å². The van der Waals surface area contributed by atoms with Crippen LogP contribution in [0.2, 0.25) is 0 Å². The lowest BCUT2D eigenvalue weighted by molar-refractivity contribution is -0.117.